The van der Waals surface area contributed by atoms with Gasteiger partial charge in [-0.05, 0) is 37.9 Å². The first kappa shape index (κ1) is 15.6. The van der Waals surface area contributed by atoms with Crippen LogP contribution >= 0.6 is 0 Å². The van der Waals surface area contributed by atoms with Gasteiger partial charge in [0, 0.05) is 19.2 Å². The van der Waals surface area contributed by atoms with Crippen molar-refractivity contribution >= 4 is 11.4 Å². The zero-order valence-corrected chi connectivity index (χ0v) is 11.9. The Balaban J connectivity index is 1.96. The van der Waals surface area contributed by atoms with Crippen LogP contribution in [-0.4, -0.2) is 36.0 Å². The predicted molar refractivity (Wildman–Crippen MR) is 76.3 cm³/mol. The quantitative estimate of drug-likeness (QED) is 0.670. The van der Waals surface area contributed by atoms with Crippen LogP contribution in [0.4, 0.5) is 20.2 Å². The summed E-state index contributed by atoms with van der Waals surface area (Å²) in [5.74, 6) is -1.57. The summed E-state index contributed by atoms with van der Waals surface area (Å²) in [5, 5.41) is 13.5. The number of nitrogens with zero attached hydrogens (tertiary/aromatic N) is 2. The third kappa shape index (κ3) is 3.87. The molecule has 0 amide bonds. The van der Waals surface area contributed by atoms with E-state index in [1.807, 2.05) is 0 Å². The van der Waals surface area contributed by atoms with E-state index < -0.39 is 22.2 Å². The molecule has 1 aromatic carbocycles. The van der Waals surface area contributed by atoms with E-state index in [1.165, 1.54) is 0 Å². The number of anilines is 1. The van der Waals surface area contributed by atoms with Gasteiger partial charge in [0.2, 0.25) is 0 Å². The highest BCUT2D eigenvalue weighted by molar-refractivity contribution is 5.62. The number of halogens is 2. The second-order valence-corrected chi connectivity index (χ2v) is 5.46. The molecule has 0 aromatic heterocycles. The maximum atomic E-state index is 13.7. The van der Waals surface area contributed by atoms with Crippen LogP contribution in [0.15, 0.2) is 12.1 Å². The van der Waals surface area contributed by atoms with Crippen molar-refractivity contribution in [1.29, 1.82) is 0 Å². The third-order valence-corrected chi connectivity index (χ3v) is 3.88. The molecule has 7 heteroatoms. The van der Waals surface area contributed by atoms with Gasteiger partial charge in [0.15, 0.2) is 17.3 Å². The van der Waals surface area contributed by atoms with E-state index in [9.17, 15) is 18.9 Å². The highest BCUT2D eigenvalue weighted by Gasteiger charge is 2.22. The fourth-order valence-corrected chi connectivity index (χ4v) is 2.49. The summed E-state index contributed by atoms with van der Waals surface area (Å²) in [4.78, 5) is 12.4. The summed E-state index contributed by atoms with van der Waals surface area (Å²) in [6.07, 6.45) is 2.24. The number of likely N-dealkylation sites (tertiary alicyclic amines) is 1. The van der Waals surface area contributed by atoms with Crippen LogP contribution < -0.4 is 5.32 Å². The molecule has 1 N–H and O–H groups in total. The molecule has 0 spiro atoms. The van der Waals surface area contributed by atoms with Crippen LogP contribution in [0.3, 0.4) is 0 Å². The minimum atomic E-state index is -1.20. The van der Waals surface area contributed by atoms with Gasteiger partial charge >= 0.3 is 0 Å². The minimum Gasteiger partial charge on any atom is -0.376 e. The van der Waals surface area contributed by atoms with Crippen molar-refractivity contribution in [2.45, 2.75) is 19.8 Å². The Hall–Kier alpha value is -1.76. The van der Waals surface area contributed by atoms with Gasteiger partial charge in [0.1, 0.15) is 0 Å². The SMILES string of the molecule is CC1CCN(CCNc2c([N+](=O)[O-])ccc(F)c2F)CC1. The number of nitrogens with one attached hydrogen (secondary N) is 1. The Bertz CT molecular complexity index is 517. The first-order valence-electron chi connectivity index (χ1n) is 7.07. The van der Waals surface area contributed by atoms with Crippen molar-refractivity contribution in [3.8, 4) is 0 Å². The molecule has 1 aliphatic rings. The number of rotatable bonds is 5. The zero-order chi connectivity index (χ0) is 15.4. The fourth-order valence-electron chi connectivity index (χ4n) is 2.49. The molecule has 116 valence electrons. The topological polar surface area (TPSA) is 58.4 Å². The molecular formula is C14H19F2N3O2. The lowest BCUT2D eigenvalue weighted by atomic mass is 9.99. The molecular weight excluding hydrogens is 280 g/mol. The zero-order valence-electron chi connectivity index (χ0n) is 11.9. The second kappa shape index (κ2) is 6.80. The Morgan fingerprint density at radius 1 is 1.38 bits per heavy atom. The summed E-state index contributed by atoms with van der Waals surface area (Å²) < 4.78 is 26.9. The van der Waals surface area contributed by atoms with E-state index in [4.69, 9.17) is 0 Å². The normalized spacial score (nSPS) is 16.9. The molecule has 0 aliphatic carbocycles. The Morgan fingerprint density at radius 3 is 2.67 bits per heavy atom. The molecule has 1 heterocycles. The molecule has 5 nitrogen and oxygen atoms in total. The number of nitro benzene ring substituents is 1. The van der Waals surface area contributed by atoms with Crippen LogP contribution in [-0.2, 0) is 0 Å². The monoisotopic (exact) mass is 299 g/mol. The van der Waals surface area contributed by atoms with Crippen molar-refractivity contribution in [2.24, 2.45) is 5.92 Å². The molecule has 1 saturated heterocycles. The lowest BCUT2D eigenvalue weighted by Gasteiger charge is -2.30. The van der Waals surface area contributed by atoms with Crippen molar-refractivity contribution < 1.29 is 13.7 Å². The van der Waals surface area contributed by atoms with Crippen LogP contribution in [0.25, 0.3) is 0 Å². The Morgan fingerprint density at radius 2 is 2.05 bits per heavy atom. The van der Waals surface area contributed by atoms with E-state index in [2.05, 4.69) is 17.1 Å². The summed E-state index contributed by atoms with van der Waals surface area (Å²) in [5.41, 5.74) is -0.813. The Kier molecular flexibility index (Phi) is 5.06. The molecule has 0 unspecified atom stereocenters. The largest absolute Gasteiger partial charge is 0.376 e. The maximum Gasteiger partial charge on any atom is 0.295 e. The first-order valence-corrected chi connectivity index (χ1v) is 7.07. The fraction of sp³-hybridized carbons (Fsp3) is 0.571. The highest BCUT2D eigenvalue weighted by Crippen LogP contribution is 2.28. The lowest BCUT2D eigenvalue weighted by molar-refractivity contribution is -0.384. The van der Waals surface area contributed by atoms with Gasteiger partial charge in [0.05, 0.1) is 4.92 Å². The molecule has 0 radical (unpaired) electrons. The van der Waals surface area contributed by atoms with Crippen LogP contribution in [0, 0.1) is 27.7 Å². The second-order valence-electron chi connectivity index (χ2n) is 5.46. The van der Waals surface area contributed by atoms with Gasteiger partial charge in [-0.1, -0.05) is 6.92 Å². The molecule has 0 atom stereocenters. The average molecular weight is 299 g/mol. The number of nitro groups is 1. The molecule has 0 bridgehead atoms. The summed E-state index contributed by atoms with van der Waals surface area (Å²) in [6.45, 7) is 5.14. The third-order valence-electron chi connectivity index (χ3n) is 3.88. The van der Waals surface area contributed by atoms with E-state index in [-0.39, 0.29) is 5.69 Å². The van der Waals surface area contributed by atoms with Crippen molar-refractivity contribution in [3.05, 3.63) is 33.9 Å². The van der Waals surface area contributed by atoms with E-state index >= 15 is 0 Å². The summed E-state index contributed by atoms with van der Waals surface area (Å²) >= 11 is 0. The molecule has 21 heavy (non-hydrogen) atoms. The van der Waals surface area contributed by atoms with Gasteiger partial charge in [-0.2, -0.15) is 0 Å². The van der Waals surface area contributed by atoms with E-state index in [0.29, 0.717) is 13.1 Å². The highest BCUT2D eigenvalue weighted by atomic mass is 19.2. The average Bonchev–Trinajstić information content (AvgIpc) is 2.45. The van der Waals surface area contributed by atoms with Crippen molar-refractivity contribution in [2.75, 3.05) is 31.5 Å². The van der Waals surface area contributed by atoms with Crippen LogP contribution in [0.5, 0.6) is 0 Å². The molecule has 0 saturated carbocycles. The van der Waals surface area contributed by atoms with Gasteiger partial charge in [-0.25, -0.2) is 8.78 Å². The number of hydrogen-bond acceptors (Lipinski definition) is 4. The summed E-state index contributed by atoms with van der Waals surface area (Å²) in [7, 11) is 0. The molecule has 1 fully saturated rings. The van der Waals surface area contributed by atoms with Crippen LogP contribution in [0.1, 0.15) is 19.8 Å². The molecule has 2 rings (SSSR count). The lowest BCUT2D eigenvalue weighted by Crippen LogP contribution is -2.36. The minimum absolute atomic E-state index is 0.343. The van der Waals surface area contributed by atoms with Gasteiger partial charge in [-0.15, -0.1) is 0 Å². The van der Waals surface area contributed by atoms with Gasteiger partial charge in [0.25, 0.3) is 5.69 Å². The maximum absolute atomic E-state index is 13.7. The smallest absolute Gasteiger partial charge is 0.295 e. The van der Waals surface area contributed by atoms with Crippen LogP contribution in [0.2, 0.25) is 0 Å². The van der Waals surface area contributed by atoms with Gasteiger partial charge in [-0.3, -0.25) is 10.1 Å². The number of piperidine rings is 1. The summed E-state index contributed by atoms with van der Waals surface area (Å²) in [6, 6.07) is 1.74. The number of hydrogen-bond donors (Lipinski definition) is 1. The molecule has 1 aliphatic heterocycles. The van der Waals surface area contributed by atoms with E-state index in [0.717, 1.165) is 44.0 Å². The van der Waals surface area contributed by atoms with Crippen molar-refractivity contribution in [1.82, 2.24) is 4.90 Å². The van der Waals surface area contributed by atoms with Crippen molar-refractivity contribution in [3.63, 3.8) is 0 Å². The standard InChI is InChI=1S/C14H19F2N3O2/c1-10-4-7-18(8-5-10)9-6-17-14-12(19(20)21)3-2-11(15)13(14)16/h2-3,10,17H,4-9H2,1H3. The Labute approximate surface area is 122 Å². The number of benzene rings is 1. The van der Waals surface area contributed by atoms with Gasteiger partial charge < -0.3 is 10.2 Å². The predicted octanol–water partition coefficient (Wildman–Crippen LogP) is 3.02. The van der Waals surface area contributed by atoms with E-state index in [1.54, 1.807) is 0 Å². The molecule has 1 aromatic rings. The first-order chi connectivity index (χ1) is 9.99.